The summed E-state index contributed by atoms with van der Waals surface area (Å²) >= 11 is 8.98. The first-order chi connectivity index (χ1) is 56.2. The summed E-state index contributed by atoms with van der Waals surface area (Å²) in [7, 11) is 1.18. The molecular formula is C70H87Cl5N14O26S5. The Bertz CT molecular complexity index is 4890. The van der Waals surface area contributed by atoms with Crippen molar-refractivity contribution in [3.8, 4) is 23.0 Å². The highest BCUT2D eigenvalue weighted by Gasteiger charge is 2.48. The molecule has 0 aromatic heterocycles. The number of hydrogen-bond donors (Lipinski definition) is 8. The number of anilines is 1. The molecule has 658 valence electrons. The van der Waals surface area contributed by atoms with Crippen molar-refractivity contribution in [2.24, 2.45) is 17.3 Å². The molecule has 2 aliphatic heterocycles. The molecule has 8 aromatic carbocycles. The van der Waals surface area contributed by atoms with Gasteiger partial charge in [-0.1, -0.05) is 135 Å². The number of rotatable bonds is 22. The number of non-ortho nitro benzene ring substituents is 3. The first-order valence-electron chi connectivity index (χ1n) is 33.5. The van der Waals surface area contributed by atoms with Crippen molar-refractivity contribution in [2.45, 2.75) is 53.9 Å². The summed E-state index contributed by atoms with van der Waals surface area (Å²) in [5, 5.41) is 27.7. The van der Waals surface area contributed by atoms with Crippen molar-refractivity contribution in [3.05, 3.63) is 271 Å². The molecule has 0 unspecified atom stereocenters. The molecule has 0 spiro atoms. The Kier molecular flexibility index (Phi) is 55.4. The van der Waals surface area contributed by atoms with Gasteiger partial charge in [-0.05, 0) is 127 Å². The Hall–Kier alpha value is -10.9. The normalized spacial score (nSPS) is 12.2. The van der Waals surface area contributed by atoms with Gasteiger partial charge in [-0.2, -0.15) is 51.5 Å². The monoisotopic (exact) mass is 1870 g/mol. The van der Waals surface area contributed by atoms with E-state index in [0.717, 1.165) is 46.2 Å². The van der Waals surface area contributed by atoms with Crippen molar-refractivity contribution in [1.82, 2.24) is 31.8 Å². The van der Waals surface area contributed by atoms with E-state index >= 15 is 0 Å². The second kappa shape index (κ2) is 59.7. The van der Waals surface area contributed by atoms with E-state index in [0.29, 0.717) is 37.3 Å². The van der Waals surface area contributed by atoms with Crippen LogP contribution in [0, 0.1) is 30.3 Å². The van der Waals surface area contributed by atoms with Crippen LogP contribution in [0.2, 0.25) is 0 Å². The van der Waals surface area contributed by atoms with Crippen LogP contribution >= 0.6 is 55.2 Å². The number of para-hydroxylation sites is 4. The third-order valence-electron chi connectivity index (χ3n) is 13.1. The van der Waals surface area contributed by atoms with Crippen molar-refractivity contribution in [3.63, 3.8) is 0 Å². The third-order valence-corrected chi connectivity index (χ3v) is 18.9. The molecule has 0 radical (unpaired) electrons. The van der Waals surface area contributed by atoms with E-state index in [-0.39, 0.29) is 49.8 Å². The zero-order valence-electron chi connectivity index (χ0n) is 64.9. The van der Waals surface area contributed by atoms with Crippen molar-refractivity contribution in [2.75, 3.05) is 60.0 Å². The maximum atomic E-state index is 12.1. The second-order valence-electron chi connectivity index (χ2n) is 21.5. The highest BCUT2D eigenvalue weighted by atomic mass is 36.0. The summed E-state index contributed by atoms with van der Waals surface area (Å²) in [5.41, 5.74) is 17.5. The number of ether oxygens (including phenoxy) is 4. The Morgan fingerprint density at radius 2 is 0.742 bits per heavy atom. The van der Waals surface area contributed by atoms with Gasteiger partial charge in [0.15, 0.2) is 0 Å². The van der Waals surface area contributed by atoms with Crippen molar-refractivity contribution < 1.29 is 105 Å². The lowest BCUT2D eigenvalue weighted by atomic mass is 10.2. The van der Waals surface area contributed by atoms with E-state index in [2.05, 4.69) is 64.2 Å². The number of halogens is 5. The zero-order valence-corrected chi connectivity index (χ0v) is 72.8. The van der Waals surface area contributed by atoms with Gasteiger partial charge in [0.2, 0.25) is 0 Å². The number of amides is 4. The summed E-state index contributed by atoms with van der Waals surface area (Å²) in [6.07, 6.45) is 0. The number of hydrogen-bond acceptors (Lipinski definition) is 30. The van der Waals surface area contributed by atoms with E-state index in [9.17, 15) is 92.8 Å². The fraction of sp³-hybridized carbons (Fsp3) is 0.229. The van der Waals surface area contributed by atoms with E-state index in [1.54, 1.807) is 148 Å². The van der Waals surface area contributed by atoms with Crippen molar-refractivity contribution in [1.29, 1.82) is 0 Å². The minimum Gasteiger partial charge on any atom is -0.497 e. The summed E-state index contributed by atoms with van der Waals surface area (Å²) in [6.45, 7) is 8.48. The molecule has 0 aliphatic carbocycles. The molecule has 4 amide bonds. The maximum absolute atomic E-state index is 12.1. The lowest BCUT2D eigenvalue weighted by molar-refractivity contribution is -0.385. The number of nitro groups is 3. The second-order valence-corrected chi connectivity index (χ2v) is 33.2. The molecule has 2 fully saturated rings. The molecule has 11 N–H and O–H groups in total. The van der Waals surface area contributed by atoms with Gasteiger partial charge in [-0.25, -0.2) is 22.4 Å². The van der Waals surface area contributed by atoms with Gasteiger partial charge in [0.05, 0.1) is 49.8 Å². The Balaban J connectivity index is 0. The minimum atomic E-state index is -4.05. The lowest BCUT2D eigenvalue weighted by Gasteiger charge is -2.16. The van der Waals surface area contributed by atoms with Gasteiger partial charge in [-0.3, -0.25) is 65.0 Å². The van der Waals surface area contributed by atoms with Gasteiger partial charge in [0.25, 0.3) is 36.5 Å². The summed E-state index contributed by atoms with van der Waals surface area (Å²) in [6, 6.07) is 61.9. The third kappa shape index (κ3) is 49.5. The van der Waals surface area contributed by atoms with E-state index in [1.165, 1.54) is 57.4 Å². The molecule has 40 nitrogen and oxygen atoms in total. The standard InChI is InChI=1S/C12H14N2O5S.C10H16N2O3S.C8H10ClNO3S.C8H11NO.C6H8N2.3C6H5NO2.C4H6N2O4S.C2Cl2O2.C2H7N.Cl2O2S/c1-3-13-11(15)12(16)14(20(13,17)18)8-9-4-6-10(19-2)7-5-9;1-3-11-16(13,14)12-8-9-4-6-10(15-2)7-5-9;1-13-8-4-2-7(3-5-8)6-10-14(9,11)12;1-10-8-4-2-7(6-9)3-5-8;7-8-6-4-2-1-3-5-6;3*8-7(9)6-4-2-1-3-5-6;1-2-6-4(8)3(7)5-11(6,9)10;3-1(5)2(4)6;1-2-3;1-5(2,3)4/h4-7H,3,8H2,1-2H3;4-7,11-12H,3,8H2,1-2H3;2-5,10H,6H2,1H3;2-5H,6,9H2,1H3;1-5,8H,7H2;3*1-5H;2H2,1H3,(H,5,7);;2-3H2,1H3;. The number of methoxy groups -OCH3 is 4. The fourth-order valence-electron chi connectivity index (χ4n) is 7.67. The molecule has 0 saturated carbocycles. The molecule has 2 saturated heterocycles. The van der Waals surface area contributed by atoms with Crippen LogP contribution in [-0.4, -0.2) is 159 Å². The molecule has 2 aliphatic rings. The van der Waals surface area contributed by atoms with Gasteiger partial charge in [0.1, 0.15) is 23.0 Å². The van der Waals surface area contributed by atoms with Crippen LogP contribution in [0.4, 0.5) is 22.7 Å². The maximum Gasteiger partial charge on any atom is 0.331 e. The molecule has 0 bridgehead atoms. The smallest absolute Gasteiger partial charge is 0.331 e. The van der Waals surface area contributed by atoms with E-state index in [4.69, 9.17) is 55.4 Å². The van der Waals surface area contributed by atoms with Gasteiger partial charge in [-0.15, -0.1) is 0 Å². The number of hydrazine groups is 1. The summed E-state index contributed by atoms with van der Waals surface area (Å²) in [4.78, 5) is 92.1. The fourth-order valence-corrected chi connectivity index (χ4v) is 11.5. The average Bonchev–Trinajstić information content (AvgIpc) is 1.62. The number of nitro benzene ring substituents is 3. The number of nitrogen functional groups attached to an aromatic ring is 1. The molecule has 120 heavy (non-hydrogen) atoms. The number of carbonyl (C=O) groups excluding carboxylic acids is 6. The average molecular weight is 1880 g/mol. The van der Waals surface area contributed by atoms with E-state index in [1.807, 2.05) is 73.7 Å². The number of carbonyl (C=O) groups is 6. The first-order valence-corrected chi connectivity index (χ1v) is 44.0. The largest absolute Gasteiger partial charge is 0.497 e. The minimum absolute atomic E-state index is 0.0279. The Morgan fingerprint density at radius 1 is 0.450 bits per heavy atom. The highest BCUT2D eigenvalue weighted by Crippen LogP contribution is 2.23. The summed E-state index contributed by atoms with van der Waals surface area (Å²) < 4.78 is 138. The molecular weight excluding hydrogens is 1790 g/mol. The molecule has 10 rings (SSSR count). The van der Waals surface area contributed by atoms with Crippen LogP contribution < -0.4 is 60.6 Å². The summed E-state index contributed by atoms with van der Waals surface area (Å²) in [5.74, 6) is 3.92. The van der Waals surface area contributed by atoms with Crippen LogP contribution in [0.3, 0.4) is 0 Å². The number of nitrogens with zero attached hydrogens (tertiary/aromatic N) is 6. The number of likely N-dealkylation sites (N-methyl/N-ethyl adjacent to an activating group) is 2. The van der Waals surface area contributed by atoms with Crippen LogP contribution in [0.5, 0.6) is 23.0 Å². The van der Waals surface area contributed by atoms with Crippen LogP contribution in [-0.2, 0) is 103 Å². The molecule has 8 aromatic rings. The number of nitrogens with two attached hydrogens (primary N) is 3. The van der Waals surface area contributed by atoms with Gasteiger partial charge < -0.3 is 35.8 Å². The zero-order chi connectivity index (χ0) is 91.8. The number of nitrogens with one attached hydrogen (secondary N) is 5. The van der Waals surface area contributed by atoms with Crippen LogP contribution in [0.15, 0.2) is 218 Å². The Labute approximate surface area is 716 Å². The first kappa shape index (κ1) is 111. The topological polar surface area (TPSA) is 587 Å². The lowest BCUT2D eigenvalue weighted by Crippen LogP contribution is -2.35. The van der Waals surface area contributed by atoms with E-state index < -0.39 is 97.0 Å². The SMILES string of the molecule is CCN.CCN1C(=O)C(=O)N(Cc2ccc(OC)cc2)S1(=O)=O.CCN1C(=O)C(=O)NS1(=O)=O.CCNS(=O)(=O)NCc1ccc(OC)cc1.COc1ccc(CN)cc1.COc1ccc(CNS(=O)(=O)Cl)cc1.NNc1ccccc1.O=C(Cl)C(=O)Cl.O=S(=O)(Cl)Cl.O=[N+]([O-])c1ccccc1.O=[N+]([O-])c1ccccc1.O=[N+]([O-])c1ccccc1. The highest BCUT2D eigenvalue weighted by molar-refractivity contribution is 8.31. The van der Waals surface area contributed by atoms with Gasteiger partial charge in [0, 0.05) is 113 Å². The van der Waals surface area contributed by atoms with Crippen molar-refractivity contribution >= 4 is 160 Å². The van der Waals surface area contributed by atoms with Crippen LogP contribution in [0.25, 0.3) is 0 Å². The predicted molar refractivity (Wildman–Crippen MR) is 453 cm³/mol. The number of benzene rings is 8. The molecule has 0 atom stereocenters. The molecule has 50 heteroatoms. The van der Waals surface area contributed by atoms with Gasteiger partial charge >= 0.3 is 62.8 Å². The van der Waals surface area contributed by atoms with Crippen LogP contribution in [0.1, 0.15) is 49.9 Å². The quantitative estimate of drug-likeness (QED) is 0.0104. The molecule has 2 heterocycles. The Morgan fingerprint density at radius 3 is 0.958 bits per heavy atom. The predicted octanol–water partition coefficient (Wildman–Crippen LogP) is 8.35.